The van der Waals surface area contributed by atoms with Gasteiger partial charge in [0.2, 0.25) is 5.91 Å². The van der Waals surface area contributed by atoms with Crippen molar-refractivity contribution in [3.63, 3.8) is 0 Å². The van der Waals surface area contributed by atoms with Crippen LogP contribution < -0.4 is 5.32 Å². The number of carbonyl (C=O) groups is 1. The fraction of sp³-hybridized carbons (Fsp3) is 0.370. The smallest absolute Gasteiger partial charge is 0.227 e. The molecule has 1 N–H and O–H groups in total. The molecule has 1 amide bonds. The van der Waals surface area contributed by atoms with Crippen LogP contribution in [0.1, 0.15) is 37.2 Å². The Labute approximate surface area is 190 Å². The van der Waals surface area contributed by atoms with Gasteiger partial charge in [0.05, 0.1) is 5.41 Å². The molecule has 2 aromatic carbocycles. The Morgan fingerprint density at radius 2 is 1.66 bits per heavy atom. The highest BCUT2D eigenvalue weighted by atomic mass is 16.2. The number of amides is 1. The molecule has 1 aliphatic heterocycles. The third-order valence-electron chi connectivity index (χ3n) is 6.34. The van der Waals surface area contributed by atoms with E-state index in [1.165, 1.54) is 16.7 Å². The standard InChI is InChI=1S/C27H32N4O/c1-3-25-29-17-22(18-30-25)19-31-15-14-27(20-31,26(32)28-4-2)16-21-10-12-24(13-11-21)23-8-6-5-7-9-23/h5-13,17-18H,3-4,14-16,19-20H2,1-2H3,(H,28,32)/t27-/m0/s1. The van der Waals surface area contributed by atoms with Gasteiger partial charge in [-0.05, 0) is 43.0 Å². The van der Waals surface area contributed by atoms with E-state index in [1.807, 2.05) is 25.4 Å². The Bertz CT molecular complexity index is 1020. The van der Waals surface area contributed by atoms with Gasteiger partial charge >= 0.3 is 0 Å². The minimum atomic E-state index is -0.408. The number of nitrogens with zero attached hydrogens (tertiary/aromatic N) is 3. The van der Waals surface area contributed by atoms with Crippen molar-refractivity contribution in [2.45, 2.75) is 39.7 Å². The Kier molecular flexibility index (Phi) is 6.96. The second kappa shape index (κ2) is 10.0. The molecule has 1 saturated heterocycles. The molecule has 3 aromatic rings. The first-order valence-electron chi connectivity index (χ1n) is 11.6. The van der Waals surface area contributed by atoms with Crippen LogP contribution in [0.3, 0.4) is 0 Å². The number of hydrogen-bond donors (Lipinski definition) is 1. The average molecular weight is 429 g/mol. The number of likely N-dealkylation sites (tertiary alicyclic amines) is 1. The van der Waals surface area contributed by atoms with E-state index < -0.39 is 5.41 Å². The Morgan fingerprint density at radius 3 is 2.31 bits per heavy atom. The summed E-state index contributed by atoms with van der Waals surface area (Å²) in [5.74, 6) is 1.03. The summed E-state index contributed by atoms with van der Waals surface area (Å²) in [6.07, 6.45) is 6.27. The van der Waals surface area contributed by atoms with E-state index in [-0.39, 0.29) is 5.91 Å². The van der Waals surface area contributed by atoms with Crippen LogP contribution >= 0.6 is 0 Å². The molecule has 1 fully saturated rings. The molecule has 0 bridgehead atoms. The van der Waals surface area contributed by atoms with E-state index >= 15 is 0 Å². The number of hydrogen-bond acceptors (Lipinski definition) is 4. The fourth-order valence-electron chi connectivity index (χ4n) is 4.59. The van der Waals surface area contributed by atoms with Crippen molar-refractivity contribution in [1.29, 1.82) is 0 Å². The number of nitrogens with one attached hydrogen (secondary N) is 1. The van der Waals surface area contributed by atoms with Crippen molar-refractivity contribution < 1.29 is 4.79 Å². The van der Waals surface area contributed by atoms with Gasteiger partial charge < -0.3 is 5.32 Å². The first-order chi connectivity index (χ1) is 15.6. The van der Waals surface area contributed by atoms with Crippen molar-refractivity contribution in [3.8, 4) is 11.1 Å². The largest absolute Gasteiger partial charge is 0.356 e. The predicted octanol–water partition coefficient (Wildman–Crippen LogP) is 4.28. The van der Waals surface area contributed by atoms with E-state index in [0.717, 1.165) is 50.3 Å². The molecule has 0 unspecified atom stereocenters. The van der Waals surface area contributed by atoms with Crippen LogP contribution in [0.4, 0.5) is 0 Å². The number of aromatic nitrogens is 2. The average Bonchev–Trinajstić information content (AvgIpc) is 3.24. The van der Waals surface area contributed by atoms with Crippen molar-refractivity contribution in [3.05, 3.63) is 83.9 Å². The van der Waals surface area contributed by atoms with Crippen LogP contribution in [0.25, 0.3) is 11.1 Å². The minimum Gasteiger partial charge on any atom is -0.356 e. The summed E-state index contributed by atoms with van der Waals surface area (Å²) >= 11 is 0. The highest BCUT2D eigenvalue weighted by Crippen LogP contribution is 2.36. The lowest BCUT2D eigenvalue weighted by molar-refractivity contribution is -0.130. The molecular weight excluding hydrogens is 396 g/mol. The second-order valence-electron chi connectivity index (χ2n) is 8.70. The van der Waals surface area contributed by atoms with Crippen molar-refractivity contribution in [2.75, 3.05) is 19.6 Å². The SMILES string of the molecule is CCNC(=O)[C@]1(Cc2ccc(-c3ccccc3)cc2)CCN(Cc2cnc(CC)nc2)C1. The molecule has 5 heteroatoms. The van der Waals surface area contributed by atoms with Crippen LogP contribution in [0.5, 0.6) is 0 Å². The maximum Gasteiger partial charge on any atom is 0.227 e. The summed E-state index contributed by atoms with van der Waals surface area (Å²) in [6, 6.07) is 19.1. The summed E-state index contributed by atoms with van der Waals surface area (Å²) < 4.78 is 0. The number of carbonyl (C=O) groups excluding carboxylic acids is 1. The van der Waals surface area contributed by atoms with Gasteiger partial charge in [0, 0.05) is 44.0 Å². The Hall–Kier alpha value is -3.05. The molecular formula is C27H32N4O. The van der Waals surface area contributed by atoms with Crippen LogP contribution in [-0.4, -0.2) is 40.4 Å². The Balaban J connectivity index is 1.49. The Morgan fingerprint density at radius 1 is 0.969 bits per heavy atom. The van der Waals surface area contributed by atoms with Gasteiger partial charge in [-0.1, -0.05) is 61.5 Å². The van der Waals surface area contributed by atoms with E-state index in [0.29, 0.717) is 6.54 Å². The lowest BCUT2D eigenvalue weighted by Crippen LogP contribution is -2.44. The van der Waals surface area contributed by atoms with Gasteiger partial charge in [0.15, 0.2) is 0 Å². The molecule has 5 nitrogen and oxygen atoms in total. The molecule has 1 atom stereocenters. The van der Waals surface area contributed by atoms with Crippen LogP contribution in [-0.2, 0) is 24.2 Å². The first-order valence-corrected chi connectivity index (χ1v) is 11.6. The quantitative estimate of drug-likeness (QED) is 0.582. The van der Waals surface area contributed by atoms with Crippen LogP contribution in [0, 0.1) is 5.41 Å². The number of benzene rings is 2. The maximum atomic E-state index is 13.2. The highest BCUT2D eigenvalue weighted by molar-refractivity contribution is 5.83. The molecule has 1 aromatic heterocycles. The zero-order valence-corrected chi connectivity index (χ0v) is 19.1. The van der Waals surface area contributed by atoms with E-state index in [1.54, 1.807) is 0 Å². The predicted molar refractivity (Wildman–Crippen MR) is 128 cm³/mol. The normalized spacial score (nSPS) is 18.6. The molecule has 0 saturated carbocycles. The highest BCUT2D eigenvalue weighted by Gasteiger charge is 2.44. The third-order valence-corrected chi connectivity index (χ3v) is 6.34. The second-order valence-corrected chi connectivity index (χ2v) is 8.70. The zero-order chi connectivity index (χ0) is 22.4. The lowest BCUT2D eigenvalue weighted by Gasteiger charge is -2.28. The molecule has 4 rings (SSSR count). The summed E-state index contributed by atoms with van der Waals surface area (Å²) in [6.45, 7) is 7.11. The molecule has 0 spiro atoms. The van der Waals surface area contributed by atoms with Gasteiger partial charge in [-0.3, -0.25) is 9.69 Å². The molecule has 166 valence electrons. The van der Waals surface area contributed by atoms with E-state index in [2.05, 4.69) is 75.6 Å². The maximum absolute atomic E-state index is 13.2. The summed E-state index contributed by atoms with van der Waals surface area (Å²) in [5.41, 5.74) is 4.30. The van der Waals surface area contributed by atoms with Gasteiger partial charge in [-0.15, -0.1) is 0 Å². The molecule has 0 aliphatic carbocycles. The van der Waals surface area contributed by atoms with Crippen LogP contribution in [0.15, 0.2) is 67.0 Å². The number of aryl methyl sites for hydroxylation is 1. The lowest BCUT2D eigenvalue weighted by atomic mass is 9.79. The topological polar surface area (TPSA) is 58.1 Å². The minimum absolute atomic E-state index is 0.159. The monoisotopic (exact) mass is 428 g/mol. The fourth-order valence-corrected chi connectivity index (χ4v) is 4.59. The summed E-state index contributed by atoms with van der Waals surface area (Å²) in [4.78, 5) is 24.4. The molecule has 2 heterocycles. The molecule has 1 aliphatic rings. The van der Waals surface area contributed by atoms with Gasteiger partial charge in [-0.2, -0.15) is 0 Å². The van der Waals surface area contributed by atoms with E-state index in [9.17, 15) is 4.79 Å². The van der Waals surface area contributed by atoms with Crippen molar-refractivity contribution in [2.24, 2.45) is 5.41 Å². The summed E-state index contributed by atoms with van der Waals surface area (Å²) in [5, 5.41) is 3.09. The number of rotatable bonds is 8. The summed E-state index contributed by atoms with van der Waals surface area (Å²) in [7, 11) is 0. The van der Waals surface area contributed by atoms with Crippen molar-refractivity contribution >= 4 is 5.91 Å². The van der Waals surface area contributed by atoms with E-state index in [4.69, 9.17) is 0 Å². The van der Waals surface area contributed by atoms with Gasteiger partial charge in [0.1, 0.15) is 5.82 Å². The zero-order valence-electron chi connectivity index (χ0n) is 19.1. The molecule has 0 radical (unpaired) electrons. The molecule has 32 heavy (non-hydrogen) atoms. The third kappa shape index (κ3) is 5.05. The van der Waals surface area contributed by atoms with Gasteiger partial charge in [0.25, 0.3) is 0 Å². The first kappa shape index (κ1) is 22.2. The van der Waals surface area contributed by atoms with Gasteiger partial charge in [-0.25, -0.2) is 9.97 Å². The van der Waals surface area contributed by atoms with Crippen molar-refractivity contribution in [1.82, 2.24) is 20.2 Å². The van der Waals surface area contributed by atoms with Crippen LogP contribution in [0.2, 0.25) is 0 Å².